The monoisotopic (exact) mass is 980 g/mol. The predicted octanol–water partition coefficient (Wildman–Crippen LogP) is 15.4. The van der Waals surface area contributed by atoms with E-state index in [1.165, 1.54) is 102 Å². The molecule has 4 N–H and O–H groups in total. The summed E-state index contributed by atoms with van der Waals surface area (Å²) >= 11 is 17.5. The van der Waals surface area contributed by atoms with Crippen LogP contribution in [0.3, 0.4) is 0 Å². The average Bonchev–Trinajstić information content (AvgIpc) is 4.04. The fourth-order valence-electron chi connectivity index (χ4n) is 11.1. The number of fused-ring (bicyclic) bond motifs is 8. The molecule has 16 heteroatoms. The Morgan fingerprint density at radius 2 is 0.766 bits per heavy atom. The van der Waals surface area contributed by atoms with Gasteiger partial charge in [0.25, 0.3) is 10.3 Å². The maximum atomic E-state index is 11.6. The minimum absolute atomic E-state index is 0.102. The van der Waals surface area contributed by atoms with Gasteiger partial charge in [-0.15, -0.1) is 45.3 Å². The van der Waals surface area contributed by atoms with Crippen molar-refractivity contribution in [2.75, 3.05) is 21.3 Å². The molecule has 0 unspecified atom stereocenters. The Bertz CT molecular complexity index is 2060. The van der Waals surface area contributed by atoms with Gasteiger partial charge in [-0.05, 0) is 179 Å². The molecule has 4 fully saturated rings. The largest absolute Gasteiger partial charge is 0.459 e. The maximum absolute atomic E-state index is 11.6. The van der Waals surface area contributed by atoms with E-state index in [2.05, 4.69) is 73.2 Å². The van der Waals surface area contributed by atoms with Crippen molar-refractivity contribution >= 4 is 114 Å². The molecule has 12 rings (SSSR count). The van der Waals surface area contributed by atoms with Crippen molar-refractivity contribution < 1.29 is 28.5 Å². The number of ether oxygens (including phenoxy) is 4. The molecular formula is C48H60N4O6S6. The Labute approximate surface area is 404 Å². The number of hydrogen-bond acceptors (Lipinski definition) is 12. The third-order valence-electron chi connectivity index (χ3n) is 13.9. The summed E-state index contributed by atoms with van der Waals surface area (Å²) in [6, 6.07) is 8.67. The van der Waals surface area contributed by atoms with Gasteiger partial charge in [0.15, 0.2) is 5.60 Å². The van der Waals surface area contributed by atoms with Crippen LogP contribution in [0.4, 0.5) is 31.0 Å². The summed E-state index contributed by atoms with van der Waals surface area (Å²) in [5.74, 6) is 0. The number of hydrogen-bond donors (Lipinski definition) is 4. The molecule has 0 saturated heterocycles. The summed E-state index contributed by atoms with van der Waals surface area (Å²) < 4.78 is 23.2. The quantitative estimate of drug-likeness (QED) is 0.127. The highest BCUT2D eigenvalue weighted by Crippen LogP contribution is 2.53. The second-order valence-electron chi connectivity index (χ2n) is 18.7. The first kappa shape index (κ1) is 45.9. The van der Waals surface area contributed by atoms with Crippen molar-refractivity contribution in [2.24, 2.45) is 0 Å². The molecule has 2 amide bonds. The molecule has 4 aliphatic carbocycles. The summed E-state index contributed by atoms with van der Waals surface area (Å²) in [5, 5.41) is 15.3. The Hall–Kier alpha value is -3.28. The van der Waals surface area contributed by atoms with Crippen LogP contribution in [0, 0.1) is 27.7 Å². The second kappa shape index (κ2) is 18.8. The molecule has 0 radical (unpaired) electrons. The summed E-state index contributed by atoms with van der Waals surface area (Å²) in [4.78, 5) is 30.9. The molecule has 0 aromatic carbocycles. The second-order valence-corrected chi connectivity index (χ2v) is 24.4. The number of carbonyl (C=O) groups is 2. The third-order valence-corrected chi connectivity index (χ3v) is 18.7. The molecule has 4 aromatic heterocycles. The first-order valence-electron chi connectivity index (χ1n) is 23.2. The molecule has 4 aliphatic heterocycles. The van der Waals surface area contributed by atoms with Gasteiger partial charge in [-0.2, -0.15) is 0 Å². The Morgan fingerprint density at radius 3 is 1.27 bits per heavy atom. The Morgan fingerprint density at radius 1 is 0.422 bits per heavy atom. The zero-order valence-corrected chi connectivity index (χ0v) is 42.2. The van der Waals surface area contributed by atoms with E-state index in [1.807, 2.05) is 11.3 Å². The highest BCUT2D eigenvalue weighted by atomic mass is 32.1. The number of thiophene rings is 4. The lowest BCUT2D eigenvalue weighted by atomic mass is 9.79. The number of rotatable bonds is 0. The lowest BCUT2D eigenvalue weighted by Crippen LogP contribution is -2.40. The van der Waals surface area contributed by atoms with Gasteiger partial charge >= 0.3 is 12.2 Å². The van der Waals surface area contributed by atoms with E-state index in [9.17, 15) is 9.59 Å². The summed E-state index contributed by atoms with van der Waals surface area (Å²) in [6.45, 7) is 8.44. The van der Waals surface area contributed by atoms with Crippen molar-refractivity contribution in [1.29, 1.82) is 0 Å². The molecule has 64 heavy (non-hydrogen) atoms. The van der Waals surface area contributed by atoms with Crippen molar-refractivity contribution in [3.8, 4) is 0 Å². The molecular weight excluding hydrogens is 921 g/mol. The predicted molar refractivity (Wildman–Crippen MR) is 270 cm³/mol. The van der Waals surface area contributed by atoms with Crippen LogP contribution in [-0.2, 0) is 41.4 Å². The van der Waals surface area contributed by atoms with E-state index in [0.29, 0.717) is 10.3 Å². The standard InChI is InChI=1S/2C12H15NO2S.2C12H15NOS2/c1-8-7-9-10(16-8)12(15-11(14)13-9)5-3-2-4-6-12;1-8-7-9-10(16-8)13-11(14)15-12(9)5-3-2-4-6-12;1-8-7-9-10(16-8)12(14-11(15)13-9)5-3-2-4-6-12;1-8-7-9-10(16-8)13-11(15)14-12(9)5-3-2-4-6-12/h2*7H,2-6H2,1H3,(H,13,14);2*7H,2-6H2,1H3,(H,13,15). The number of aryl methyl sites for hydroxylation is 4. The van der Waals surface area contributed by atoms with Crippen molar-refractivity contribution in [1.82, 2.24) is 0 Å². The number of amides is 2. The smallest absolute Gasteiger partial charge is 0.413 e. The van der Waals surface area contributed by atoms with Crippen LogP contribution in [0.15, 0.2) is 24.3 Å². The molecule has 0 bridgehead atoms. The third kappa shape index (κ3) is 9.34. The highest BCUT2D eigenvalue weighted by molar-refractivity contribution is 7.80. The van der Waals surface area contributed by atoms with Gasteiger partial charge in [-0.3, -0.25) is 10.6 Å². The molecule has 10 nitrogen and oxygen atoms in total. The molecule has 8 aliphatic rings. The minimum Gasteiger partial charge on any atom is -0.459 e. The van der Waals surface area contributed by atoms with Gasteiger partial charge < -0.3 is 29.6 Å². The van der Waals surface area contributed by atoms with Gasteiger partial charge in [0.1, 0.15) is 26.8 Å². The fraction of sp³-hybridized carbons (Fsp3) is 0.583. The van der Waals surface area contributed by atoms with Gasteiger partial charge in [0.2, 0.25) is 0 Å². The van der Waals surface area contributed by atoms with Crippen molar-refractivity contribution in [3.63, 3.8) is 0 Å². The van der Waals surface area contributed by atoms with Gasteiger partial charge in [0, 0.05) is 30.6 Å². The van der Waals surface area contributed by atoms with E-state index >= 15 is 0 Å². The average molecular weight is 981 g/mol. The molecule has 344 valence electrons. The van der Waals surface area contributed by atoms with Crippen molar-refractivity contribution in [2.45, 2.75) is 179 Å². The minimum atomic E-state index is -0.319. The van der Waals surface area contributed by atoms with Gasteiger partial charge in [-0.1, -0.05) is 25.7 Å². The van der Waals surface area contributed by atoms with Gasteiger partial charge in [0.05, 0.1) is 21.1 Å². The van der Waals surface area contributed by atoms with Gasteiger partial charge in [-0.25, -0.2) is 9.59 Å². The number of thiocarbonyl (C=S) groups is 2. The first-order valence-corrected chi connectivity index (χ1v) is 27.3. The number of anilines is 4. The lowest BCUT2D eigenvalue weighted by Gasteiger charge is -2.40. The Kier molecular flexibility index (Phi) is 13.5. The zero-order valence-electron chi connectivity index (χ0n) is 37.4. The zero-order chi connectivity index (χ0) is 44.7. The normalized spacial score (nSPS) is 22.4. The molecule has 4 aromatic rings. The van der Waals surface area contributed by atoms with Crippen LogP contribution in [-0.4, -0.2) is 22.5 Å². The van der Waals surface area contributed by atoms with E-state index in [1.54, 1.807) is 34.0 Å². The van der Waals surface area contributed by atoms with Crippen LogP contribution in [0.25, 0.3) is 0 Å². The Balaban J connectivity index is 0.000000108. The van der Waals surface area contributed by atoms with E-state index in [-0.39, 0.29) is 34.6 Å². The van der Waals surface area contributed by atoms with E-state index < -0.39 is 0 Å². The van der Waals surface area contributed by atoms with Crippen LogP contribution < -0.4 is 21.3 Å². The topological polar surface area (TPSA) is 119 Å². The summed E-state index contributed by atoms with van der Waals surface area (Å²) in [7, 11) is 0. The first-order chi connectivity index (χ1) is 30.8. The maximum Gasteiger partial charge on any atom is 0.413 e. The number of carbonyl (C=O) groups excluding carboxylic acids is 2. The van der Waals surface area contributed by atoms with Crippen molar-refractivity contribution in [3.05, 3.63) is 64.7 Å². The molecule has 4 saturated carbocycles. The highest BCUT2D eigenvalue weighted by Gasteiger charge is 2.47. The molecule has 4 spiro atoms. The molecule has 8 heterocycles. The molecule has 0 atom stereocenters. The van der Waals surface area contributed by atoms with Crippen LogP contribution in [0.5, 0.6) is 0 Å². The van der Waals surface area contributed by atoms with Crippen LogP contribution in [0.2, 0.25) is 0 Å². The lowest BCUT2D eigenvalue weighted by molar-refractivity contribution is -0.0175. The number of nitrogens with one attached hydrogen (secondary N) is 4. The van der Waals surface area contributed by atoms with E-state index in [4.69, 9.17) is 43.4 Å². The summed E-state index contributed by atoms with van der Waals surface area (Å²) in [5.41, 5.74) is 3.85. The van der Waals surface area contributed by atoms with E-state index in [0.717, 1.165) is 87.7 Å². The summed E-state index contributed by atoms with van der Waals surface area (Å²) in [6.07, 6.45) is 22.6. The van der Waals surface area contributed by atoms with Crippen LogP contribution in [0.1, 0.15) is 169 Å². The fourth-order valence-corrected chi connectivity index (χ4v) is 16.0. The SMILES string of the molecule is Cc1cc2c(s1)C1(CCCCC1)OC(=O)N2.Cc1cc2c(s1)C1(CCCCC1)OC(=S)N2.Cc1cc2c(s1)NC(=O)OC21CCCCC1.Cc1cc2c(s1)NC(=S)OC21CCCCC1. The van der Waals surface area contributed by atoms with Crippen LogP contribution >= 0.6 is 69.8 Å².